The van der Waals surface area contributed by atoms with Crippen molar-refractivity contribution >= 4 is 17.3 Å². The molecule has 112 valence electrons. The minimum absolute atomic E-state index is 0.00422. The summed E-state index contributed by atoms with van der Waals surface area (Å²) in [6, 6.07) is 2.14. The lowest BCUT2D eigenvalue weighted by atomic mass is 10.1. The van der Waals surface area contributed by atoms with Gasteiger partial charge in [-0.25, -0.2) is 9.78 Å². The van der Waals surface area contributed by atoms with E-state index in [1.54, 1.807) is 11.3 Å². The fourth-order valence-electron chi connectivity index (χ4n) is 2.80. The molecule has 0 unspecified atom stereocenters. The molecule has 0 radical (unpaired) electrons. The van der Waals surface area contributed by atoms with Crippen LogP contribution in [-0.4, -0.2) is 16.1 Å². The highest BCUT2D eigenvalue weighted by Crippen LogP contribution is 2.35. The number of hydrogen-bond acceptors (Lipinski definition) is 4. The van der Waals surface area contributed by atoms with Gasteiger partial charge in [-0.3, -0.25) is 0 Å². The molecule has 2 aromatic rings. The molecule has 0 saturated heterocycles. The van der Waals surface area contributed by atoms with Crippen molar-refractivity contribution in [3.05, 3.63) is 28.0 Å². The maximum atomic E-state index is 11.3. The first kappa shape index (κ1) is 14.3. The molecular weight excluding hydrogens is 286 g/mol. The van der Waals surface area contributed by atoms with Gasteiger partial charge < -0.3 is 9.52 Å². The van der Waals surface area contributed by atoms with Crippen molar-refractivity contribution in [1.82, 2.24) is 4.98 Å². The first-order valence-corrected chi connectivity index (χ1v) is 8.35. The smallest absolute Gasteiger partial charge is 0.373 e. The number of rotatable bonds is 4. The third-order valence-electron chi connectivity index (χ3n) is 3.84. The Balaban J connectivity index is 1.97. The average Bonchev–Trinajstić information content (AvgIpc) is 2.98. The Hall–Kier alpha value is -1.62. The summed E-state index contributed by atoms with van der Waals surface area (Å²) in [5, 5.41) is 9.22. The van der Waals surface area contributed by atoms with E-state index in [1.165, 1.54) is 29.7 Å². The number of carbonyl (C=O) groups is 1. The molecule has 0 aromatic carbocycles. The van der Waals surface area contributed by atoms with Gasteiger partial charge in [0.15, 0.2) is 0 Å². The standard InChI is InChI=1S/C16H19NO3S/c1-2-6-11-14(16(18)19)20-15(17-11)13-9-10-7-4-3-5-8-12(10)21-13/h9H,2-8H2,1H3,(H,18,19). The van der Waals surface area contributed by atoms with Crippen LogP contribution in [0.15, 0.2) is 10.5 Å². The molecule has 4 nitrogen and oxygen atoms in total. The van der Waals surface area contributed by atoms with Crippen molar-refractivity contribution in [2.24, 2.45) is 0 Å². The number of carboxylic acids is 1. The lowest BCUT2D eigenvalue weighted by Crippen LogP contribution is -1.99. The van der Waals surface area contributed by atoms with Crippen molar-refractivity contribution in [2.45, 2.75) is 51.9 Å². The van der Waals surface area contributed by atoms with E-state index in [2.05, 4.69) is 11.1 Å². The maximum absolute atomic E-state index is 11.3. The van der Waals surface area contributed by atoms with E-state index < -0.39 is 5.97 Å². The van der Waals surface area contributed by atoms with E-state index in [0.717, 1.165) is 24.1 Å². The summed E-state index contributed by atoms with van der Waals surface area (Å²) in [6.07, 6.45) is 7.48. The van der Waals surface area contributed by atoms with Gasteiger partial charge in [0.1, 0.15) is 0 Å². The number of aryl methyl sites for hydroxylation is 3. The van der Waals surface area contributed by atoms with E-state index >= 15 is 0 Å². The van der Waals surface area contributed by atoms with Gasteiger partial charge in [-0.2, -0.15) is 0 Å². The highest BCUT2D eigenvalue weighted by atomic mass is 32.1. The van der Waals surface area contributed by atoms with Gasteiger partial charge in [0.05, 0.1) is 10.6 Å². The molecule has 3 rings (SSSR count). The molecule has 0 fully saturated rings. The summed E-state index contributed by atoms with van der Waals surface area (Å²) in [6.45, 7) is 2.01. The van der Waals surface area contributed by atoms with Gasteiger partial charge >= 0.3 is 5.97 Å². The lowest BCUT2D eigenvalue weighted by molar-refractivity contribution is 0.0662. The van der Waals surface area contributed by atoms with Crippen LogP contribution >= 0.6 is 11.3 Å². The lowest BCUT2D eigenvalue weighted by Gasteiger charge is -1.92. The van der Waals surface area contributed by atoms with Crippen molar-refractivity contribution in [2.75, 3.05) is 0 Å². The van der Waals surface area contributed by atoms with Crippen LogP contribution in [0, 0.1) is 0 Å². The second kappa shape index (κ2) is 6.02. The Bertz CT molecular complexity index is 633. The third kappa shape index (κ3) is 2.88. The molecule has 0 saturated carbocycles. The molecule has 2 heterocycles. The molecule has 0 bridgehead atoms. The van der Waals surface area contributed by atoms with E-state index in [1.807, 2.05) is 6.92 Å². The number of nitrogens with zero attached hydrogens (tertiary/aromatic N) is 1. The van der Waals surface area contributed by atoms with Crippen LogP contribution in [0.1, 0.15) is 59.3 Å². The first-order chi connectivity index (χ1) is 10.2. The SMILES string of the molecule is CCCc1nc(-c2cc3c(s2)CCCCC3)oc1C(=O)O. The monoisotopic (exact) mass is 305 g/mol. The van der Waals surface area contributed by atoms with Crippen LogP contribution in [0.5, 0.6) is 0 Å². The molecule has 1 aliphatic carbocycles. The zero-order valence-electron chi connectivity index (χ0n) is 12.1. The molecule has 0 amide bonds. The normalized spacial score (nSPS) is 14.7. The fourth-order valence-corrected chi connectivity index (χ4v) is 3.98. The molecule has 1 N–H and O–H groups in total. The van der Waals surface area contributed by atoms with Gasteiger partial charge in [-0.05, 0) is 43.7 Å². The highest BCUT2D eigenvalue weighted by Gasteiger charge is 2.22. The Labute approximate surface area is 127 Å². The summed E-state index contributed by atoms with van der Waals surface area (Å²) < 4.78 is 5.52. The Kier molecular flexibility index (Phi) is 4.10. The van der Waals surface area contributed by atoms with E-state index in [4.69, 9.17) is 4.42 Å². The molecule has 21 heavy (non-hydrogen) atoms. The summed E-state index contributed by atoms with van der Waals surface area (Å²) in [4.78, 5) is 18.0. The van der Waals surface area contributed by atoms with E-state index in [9.17, 15) is 9.90 Å². The van der Waals surface area contributed by atoms with Crippen molar-refractivity contribution < 1.29 is 14.3 Å². The molecule has 2 aromatic heterocycles. The van der Waals surface area contributed by atoms with Gasteiger partial charge in [-0.1, -0.05) is 19.8 Å². The Morgan fingerprint density at radius 3 is 2.95 bits per heavy atom. The minimum atomic E-state index is -1.03. The first-order valence-electron chi connectivity index (χ1n) is 7.54. The number of oxazole rings is 1. The Morgan fingerprint density at radius 2 is 2.19 bits per heavy atom. The highest BCUT2D eigenvalue weighted by molar-refractivity contribution is 7.15. The molecular formula is C16H19NO3S. The number of aromatic nitrogens is 1. The number of hydrogen-bond donors (Lipinski definition) is 1. The van der Waals surface area contributed by atoms with E-state index in [-0.39, 0.29) is 5.76 Å². The van der Waals surface area contributed by atoms with Crippen LogP contribution < -0.4 is 0 Å². The van der Waals surface area contributed by atoms with Crippen LogP contribution in [-0.2, 0) is 19.3 Å². The zero-order valence-corrected chi connectivity index (χ0v) is 13.0. The molecule has 5 heteroatoms. The van der Waals surface area contributed by atoms with Crippen LogP contribution in [0.25, 0.3) is 10.8 Å². The number of thiophene rings is 1. The van der Waals surface area contributed by atoms with Gasteiger partial charge in [0.2, 0.25) is 11.7 Å². The quantitative estimate of drug-likeness (QED) is 0.854. The largest absolute Gasteiger partial charge is 0.475 e. The second-order valence-electron chi connectivity index (χ2n) is 5.47. The number of fused-ring (bicyclic) bond motifs is 1. The van der Waals surface area contributed by atoms with Crippen molar-refractivity contribution in [3.8, 4) is 10.8 Å². The van der Waals surface area contributed by atoms with Crippen molar-refractivity contribution in [1.29, 1.82) is 0 Å². The Morgan fingerprint density at radius 1 is 1.38 bits per heavy atom. The fraction of sp³-hybridized carbons (Fsp3) is 0.500. The van der Waals surface area contributed by atoms with Crippen LogP contribution in [0.4, 0.5) is 0 Å². The summed E-state index contributed by atoms with van der Waals surface area (Å²) in [5.41, 5.74) is 1.95. The predicted molar refractivity (Wildman–Crippen MR) is 82.0 cm³/mol. The van der Waals surface area contributed by atoms with Gasteiger partial charge in [0.25, 0.3) is 0 Å². The second-order valence-corrected chi connectivity index (χ2v) is 6.61. The summed E-state index contributed by atoms with van der Waals surface area (Å²) in [7, 11) is 0. The van der Waals surface area contributed by atoms with E-state index in [0.29, 0.717) is 18.0 Å². The van der Waals surface area contributed by atoms with Gasteiger partial charge in [0, 0.05) is 4.88 Å². The number of aromatic carboxylic acids is 1. The third-order valence-corrected chi connectivity index (χ3v) is 5.06. The molecule has 0 spiro atoms. The van der Waals surface area contributed by atoms with Crippen LogP contribution in [0.2, 0.25) is 0 Å². The topological polar surface area (TPSA) is 63.3 Å². The summed E-state index contributed by atoms with van der Waals surface area (Å²) in [5.74, 6) is -0.570. The molecule has 0 atom stereocenters. The molecule has 0 aliphatic heterocycles. The van der Waals surface area contributed by atoms with Crippen molar-refractivity contribution in [3.63, 3.8) is 0 Å². The van der Waals surface area contributed by atoms with Crippen LogP contribution in [0.3, 0.4) is 0 Å². The zero-order chi connectivity index (χ0) is 14.8. The minimum Gasteiger partial charge on any atom is -0.475 e. The average molecular weight is 305 g/mol. The molecule has 1 aliphatic rings. The summed E-state index contributed by atoms with van der Waals surface area (Å²) >= 11 is 1.70. The van der Waals surface area contributed by atoms with Gasteiger partial charge in [-0.15, -0.1) is 11.3 Å². The maximum Gasteiger partial charge on any atom is 0.373 e. The number of carboxylic acid groups (broad SMARTS) is 1. The predicted octanol–water partition coefficient (Wildman–Crippen LogP) is 4.32.